The number of ketones is 1. The van der Waals surface area contributed by atoms with Crippen LogP contribution < -0.4 is 21.7 Å². The van der Waals surface area contributed by atoms with Crippen LogP contribution >= 0.6 is 63.0 Å². The minimum atomic E-state index is -1.88. The van der Waals surface area contributed by atoms with Gasteiger partial charge < -0.3 is 21.7 Å². The van der Waals surface area contributed by atoms with Crippen molar-refractivity contribution in [2.45, 2.75) is 9.96 Å². The highest BCUT2D eigenvalue weighted by molar-refractivity contribution is 9.10. The number of amides is 1. The van der Waals surface area contributed by atoms with E-state index in [1.165, 1.54) is 0 Å². The van der Waals surface area contributed by atoms with Crippen LogP contribution in [0.5, 0.6) is 0 Å². The van der Waals surface area contributed by atoms with Gasteiger partial charge in [0.1, 0.15) is 6.17 Å². The average Bonchev–Trinajstić information content (AvgIpc) is 2.67. The molecular formula is C18H16BrCl3N4O2S. The van der Waals surface area contributed by atoms with Crippen molar-refractivity contribution in [2.24, 2.45) is 5.73 Å². The molecule has 0 radical (unpaired) electrons. The summed E-state index contributed by atoms with van der Waals surface area (Å²) >= 11 is 26.5. The van der Waals surface area contributed by atoms with E-state index in [0.29, 0.717) is 16.8 Å². The summed E-state index contributed by atoms with van der Waals surface area (Å²) in [6.07, 6.45) is -1.11. The van der Waals surface area contributed by atoms with Gasteiger partial charge in [-0.3, -0.25) is 9.59 Å². The number of thiocarbonyl (C=S) groups is 1. The summed E-state index contributed by atoms with van der Waals surface area (Å²) < 4.78 is -1.05. The van der Waals surface area contributed by atoms with Crippen LogP contribution in [0.25, 0.3) is 0 Å². The van der Waals surface area contributed by atoms with Crippen molar-refractivity contribution in [1.82, 2.24) is 10.6 Å². The van der Waals surface area contributed by atoms with Crippen molar-refractivity contribution in [3.05, 3.63) is 64.1 Å². The lowest BCUT2D eigenvalue weighted by molar-refractivity contribution is 0.0933. The first-order valence-electron chi connectivity index (χ1n) is 8.14. The molecule has 0 bridgehead atoms. The maximum absolute atomic E-state index is 12.4. The molecule has 0 fully saturated rings. The van der Waals surface area contributed by atoms with E-state index in [2.05, 4.69) is 31.9 Å². The van der Waals surface area contributed by atoms with Crippen molar-refractivity contribution in [1.29, 1.82) is 0 Å². The maximum Gasteiger partial charge on any atom is 0.252 e. The van der Waals surface area contributed by atoms with Crippen molar-refractivity contribution in [3.63, 3.8) is 0 Å². The number of halogens is 4. The first-order valence-corrected chi connectivity index (χ1v) is 10.5. The van der Waals surface area contributed by atoms with Crippen molar-refractivity contribution in [2.75, 3.05) is 11.9 Å². The molecule has 1 amide bonds. The van der Waals surface area contributed by atoms with Crippen LogP contribution in [-0.2, 0) is 0 Å². The third-order valence-electron chi connectivity index (χ3n) is 3.63. The third kappa shape index (κ3) is 7.40. The largest absolute Gasteiger partial charge is 0.339 e. The molecule has 154 valence electrons. The summed E-state index contributed by atoms with van der Waals surface area (Å²) in [5, 5.41) is 8.36. The second-order valence-electron chi connectivity index (χ2n) is 5.76. The van der Waals surface area contributed by atoms with Crippen molar-refractivity contribution >= 4 is 85.4 Å². The average molecular weight is 539 g/mol. The molecule has 2 rings (SSSR count). The Morgan fingerprint density at radius 2 is 1.55 bits per heavy atom. The van der Waals surface area contributed by atoms with Crippen LogP contribution in [0.3, 0.4) is 0 Å². The molecule has 6 nitrogen and oxygen atoms in total. The van der Waals surface area contributed by atoms with Gasteiger partial charge in [0, 0.05) is 21.3 Å². The lowest BCUT2D eigenvalue weighted by atomic mass is 10.1. The van der Waals surface area contributed by atoms with Crippen LogP contribution in [0.1, 0.15) is 20.7 Å². The van der Waals surface area contributed by atoms with Gasteiger partial charge in [0.05, 0.1) is 6.54 Å². The molecule has 0 heterocycles. The van der Waals surface area contributed by atoms with Crippen molar-refractivity contribution < 1.29 is 9.59 Å². The molecule has 0 saturated carbocycles. The fourth-order valence-corrected chi connectivity index (χ4v) is 3.00. The second-order valence-corrected chi connectivity index (χ2v) is 9.45. The Balaban J connectivity index is 2.04. The molecular weight excluding hydrogens is 523 g/mol. The highest BCUT2D eigenvalue weighted by Gasteiger charge is 2.34. The number of carbonyl (C=O) groups is 2. The molecule has 0 aliphatic heterocycles. The van der Waals surface area contributed by atoms with E-state index >= 15 is 0 Å². The molecule has 0 saturated heterocycles. The molecule has 1 atom stereocenters. The number of carbonyl (C=O) groups excluding carboxylic acids is 2. The SMILES string of the molecule is NCC(=O)c1ccc(NC(=S)NC(NC(=O)c2ccc(Br)cc2)C(Cl)(Cl)Cl)cc1. The van der Waals surface area contributed by atoms with Gasteiger partial charge in [-0.05, 0) is 60.7 Å². The maximum atomic E-state index is 12.4. The highest BCUT2D eigenvalue weighted by atomic mass is 79.9. The first-order chi connectivity index (χ1) is 13.6. The third-order valence-corrected chi connectivity index (χ3v) is 5.04. The van der Waals surface area contributed by atoms with Crippen molar-refractivity contribution in [3.8, 4) is 0 Å². The Labute approximate surface area is 196 Å². The number of hydrogen-bond donors (Lipinski definition) is 4. The fraction of sp³-hybridized carbons (Fsp3) is 0.167. The Kier molecular flexibility index (Phi) is 8.69. The van der Waals surface area contributed by atoms with Gasteiger partial charge >= 0.3 is 0 Å². The normalized spacial score (nSPS) is 12.0. The number of Topliss-reactive ketones (excluding diaryl/α,β-unsaturated/α-hetero) is 1. The minimum Gasteiger partial charge on any atom is -0.339 e. The molecule has 2 aromatic carbocycles. The Morgan fingerprint density at radius 1 is 1.00 bits per heavy atom. The van der Waals surface area contributed by atoms with Gasteiger partial charge in [0.15, 0.2) is 10.9 Å². The van der Waals surface area contributed by atoms with E-state index in [9.17, 15) is 9.59 Å². The molecule has 11 heteroatoms. The Hall–Kier alpha value is -1.42. The van der Waals surface area contributed by atoms with Gasteiger partial charge in [0.2, 0.25) is 3.79 Å². The van der Waals surface area contributed by atoms with Gasteiger partial charge in [-0.2, -0.15) is 0 Å². The molecule has 1 unspecified atom stereocenters. The highest BCUT2D eigenvalue weighted by Crippen LogP contribution is 2.29. The summed E-state index contributed by atoms with van der Waals surface area (Å²) in [6, 6.07) is 13.2. The van der Waals surface area contributed by atoms with Crippen LogP contribution in [0.15, 0.2) is 53.0 Å². The van der Waals surface area contributed by atoms with Crippen LogP contribution in [0.2, 0.25) is 0 Å². The molecule has 5 N–H and O–H groups in total. The molecule has 29 heavy (non-hydrogen) atoms. The molecule has 0 aliphatic carbocycles. The van der Waals surface area contributed by atoms with Crippen LogP contribution in [-0.4, -0.2) is 33.3 Å². The topological polar surface area (TPSA) is 96.2 Å². The summed E-state index contributed by atoms with van der Waals surface area (Å²) in [4.78, 5) is 24.0. The van der Waals surface area contributed by atoms with E-state index in [1.54, 1.807) is 48.5 Å². The van der Waals surface area contributed by atoms with E-state index in [1.807, 2.05) is 0 Å². The zero-order valence-corrected chi connectivity index (χ0v) is 19.4. The number of rotatable bonds is 6. The zero-order chi connectivity index (χ0) is 21.6. The Bertz CT molecular complexity index is 889. The van der Waals surface area contributed by atoms with Crippen LogP contribution in [0, 0.1) is 0 Å². The number of nitrogens with two attached hydrogens (primary N) is 1. The predicted molar refractivity (Wildman–Crippen MR) is 125 cm³/mol. The molecule has 0 spiro atoms. The lowest BCUT2D eigenvalue weighted by Gasteiger charge is -2.27. The van der Waals surface area contributed by atoms with Gasteiger partial charge in [0.25, 0.3) is 5.91 Å². The second kappa shape index (κ2) is 10.6. The number of nitrogens with one attached hydrogen (secondary N) is 3. The summed E-state index contributed by atoms with van der Waals surface area (Å²) in [5.41, 5.74) is 6.80. The number of hydrogen-bond acceptors (Lipinski definition) is 4. The van der Waals surface area contributed by atoms with E-state index in [4.69, 9.17) is 52.8 Å². The van der Waals surface area contributed by atoms with Crippen LogP contribution in [0.4, 0.5) is 5.69 Å². The monoisotopic (exact) mass is 536 g/mol. The number of alkyl halides is 3. The summed E-state index contributed by atoms with van der Waals surface area (Å²) in [5.74, 6) is -0.627. The minimum absolute atomic E-state index is 0.0737. The number of anilines is 1. The zero-order valence-electron chi connectivity index (χ0n) is 14.7. The van der Waals surface area contributed by atoms with E-state index in [0.717, 1.165) is 4.47 Å². The molecule has 0 aliphatic rings. The smallest absolute Gasteiger partial charge is 0.252 e. The first kappa shape index (κ1) is 23.9. The van der Waals surface area contributed by atoms with Gasteiger partial charge in [-0.25, -0.2) is 0 Å². The Morgan fingerprint density at radius 3 is 2.07 bits per heavy atom. The van der Waals surface area contributed by atoms with Gasteiger partial charge in [-0.1, -0.05) is 50.7 Å². The van der Waals surface area contributed by atoms with E-state index < -0.39 is 15.9 Å². The standard InChI is InChI=1S/C18H16BrCl3N4O2S/c19-12-5-1-11(2-6-12)15(28)25-16(18(20,21)22)26-17(29)24-13-7-3-10(4-8-13)14(27)9-23/h1-8,16H,9,23H2,(H,25,28)(H2,24,26,29). The van der Waals surface area contributed by atoms with Gasteiger partial charge in [-0.15, -0.1) is 0 Å². The fourth-order valence-electron chi connectivity index (χ4n) is 2.17. The summed E-state index contributed by atoms with van der Waals surface area (Å²) in [6.45, 7) is -0.0737. The quantitative estimate of drug-likeness (QED) is 0.192. The number of benzene rings is 2. The van der Waals surface area contributed by atoms with E-state index in [-0.39, 0.29) is 17.4 Å². The molecule has 0 aromatic heterocycles. The lowest BCUT2D eigenvalue weighted by Crippen LogP contribution is -2.56. The molecule has 2 aromatic rings. The summed E-state index contributed by atoms with van der Waals surface area (Å²) in [7, 11) is 0. The predicted octanol–water partition coefficient (Wildman–Crippen LogP) is 4.00.